The van der Waals surface area contributed by atoms with Crippen LogP contribution in [-0.4, -0.2) is 18.9 Å². The maximum Gasteiger partial charge on any atom is 0.162 e. The molecule has 1 rings (SSSR count). The highest BCUT2D eigenvalue weighted by molar-refractivity contribution is 6.00. The number of carbonyl (C=O) groups is 2. The van der Waals surface area contributed by atoms with Crippen molar-refractivity contribution in [1.82, 2.24) is 0 Å². The van der Waals surface area contributed by atoms with Gasteiger partial charge in [-0.1, -0.05) is 6.92 Å². The van der Waals surface area contributed by atoms with Crippen molar-refractivity contribution >= 4 is 11.8 Å². The number of Topliss-reactive ketones (excluding diaryl/α,β-unsaturated/α-hetero) is 1. The average molecular weight is 235 g/mol. The van der Waals surface area contributed by atoms with Crippen molar-refractivity contribution in [3.63, 3.8) is 0 Å². The van der Waals surface area contributed by atoms with Gasteiger partial charge in [0.05, 0.1) is 13.1 Å². The van der Waals surface area contributed by atoms with Crippen molar-refractivity contribution in [3.05, 3.63) is 28.8 Å². The summed E-state index contributed by atoms with van der Waals surface area (Å²) in [5.41, 5.74) is 0.935. The number of ketones is 1. The van der Waals surface area contributed by atoms with E-state index < -0.39 is 5.97 Å². The predicted molar refractivity (Wildman–Crippen MR) is 61.3 cm³/mol. The summed E-state index contributed by atoms with van der Waals surface area (Å²) >= 11 is 0. The molecule has 92 valence electrons. The molecule has 1 aromatic carbocycles. The summed E-state index contributed by atoms with van der Waals surface area (Å²) < 4.78 is 5.00. The monoisotopic (exact) mass is 235 g/mol. The van der Waals surface area contributed by atoms with Crippen molar-refractivity contribution in [1.29, 1.82) is 0 Å². The van der Waals surface area contributed by atoms with E-state index in [1.54, 1.807) is 13.0 Å². The number of benzene rings is 1. The Bertz CT molecular complexity index is 449. The minimum atomic E-state index is -1.34. The van der Waals surface area contributed by atoms with Crippen LogP contribution in [0.1, 0.15) is 46.0 Å². The van der Waals surface area contributed by atoms with E-state index in [1.807, 2.05) is 6.92 Å². The molecule has 17 heavy (non-hydrogen) atoms. The number of aryl methyl sites for hydroxylation is 1. The number of carboxylic acid groups (broad SMARTS) is 1. The second-order valence-electron chi connectivity index (χ2n) is 3.83. The van der Waals surface area contributed by atoms with Crippen LogP contribution in [0, 0.1) is 6.92 Å². The van der Waals surface area contributed by atoms with Gasteiger partial charge in [0.2, 0.25) is 0 Å². The molecule has 0 aliphatic heterocycles. The van der Waals surface area contributed by atoms with E-state index in [-0.39, 0.29) is 17.1 Å². The number of hydrogen-bond donors (Lipinski definition) is 0. The fraction of sp³-hybridized carbons (Fsp3) is 0.385. The Balaban J connectivity index is 3.29. The number of carboxylic acids is 1. The maximum absolute atomic E-state index is 11.7. The van der Waals surface area contributed by atoms with Crippen molar-refractivity contribution in [3.8, 4) is 5.75 Å². The third kappa shape index (κ3) is 2.84. The van der Waals surface area contributed by atoms with E-state index in [9.17, 15) is 14.7 Å². The lowest BCUT2D eigenvalue weighted by Crippen LogP contribution is -2.23. The molecule has 0 amide bonds. The molecule has 0 bridgehead atoms. The van der Waals surface area contributed by atoms with Crippen molar-refractivity contribution < 1.29 is 19.4 Å². The van der Waals surface area contributed by atoms with E-state index in [2.05, 4.69) is 0 Å². The van der Waals surface area contributed by atoms with Crippen LogP contribution in [0.3, 0.4) is 0 Å². The highest BCUT2D eigenvalue weighted by atomic mass is 16.5. The molecule has 0 atom stereocenters. The number of ether oxygens (including phenoxy) is 1. The number of hydrogen-bond acceptors (Lipinski definition) is 4. The lowest BCUT2D eigenvalue weighted by Gasteiger charge is -2.14. The van der Waals surface area contributed by atoms with Crippen LogP contribution in [0.25, 0.3) is 0 Å². The van der Waals surface area contributed by atoms with Gasteiger partial charge in [0, 0.05) is 17.5 Å². The molecule has 0 aliphatic rings. The zero-order valence-electron chi connectivity index (χ0n) is 10.2. The minimum absolute atomic E-state index is 0.0687. The van der Waals surface area contributed by atoms with E-state index in [4.69, 9.17) is 4.74 Å². The van der Waals surface area contributed by atoms with Gasteiger partial charge < -0.3 is 14.6 Å². The molecule has 0 spiro atoms. The molecule has 4 nitrogen and oxygen atoms in total. The summed E-state index contributed by atoms with van der Waals surface area (Å²) in [6, 6.07) is 2.96. The van der Waals surface area contributed by atoms with Gasteiger partial charge in [-0.3, -0.25) is 4.79 Å². The van der Waals surface area contributed by atoms with Gasteiger partial charge >= 0.3 is 0 Å². The molecule has 0 aromatic heterocycles. The summed E-state index contributed by atoms with van der Waals surface area (Å²) in [6.07, 6.45) is 1.13. The molecule has 0 aliphatic carbocycles. The Labute approximate surface area is 100 Å². The van der Waals surface area contributed by atoms with Gasteiger partial charge in [-0.2, -0.15) is 0 Å². The molecule has 0 saturated carbocycles. The molecule has 0 radical (unpaired) electrons. The molecule has 1 aromatic rings. The standard InChI is InChI=1S/C13H16O4/c1-4-5-11(14)9-6-8(2)12(17-3)10(7-9)13(15)16/h6-7H,4-5H2,1-3H3,(H,15,16)/p-1. The highest BCUT2D eigenvalue weighted by Crippen LogP contribution is 2.25. The first-order valence-electron chi connectivity index (χ1n) is 5.44. The summed E-state index contributed by atoms with van der Waals surface area (Å²) in [5, 5.41) is 11.0. The van der Waals surface area contributed by atoms with Crippen LogP contribution in [0.2, 0.25) is 0 Å². The van der Waals surface area contributed by atoms with Crippen molar-refractivity contribution in [2.24, 2.45) is 0 Å². The molecule has 0 saturated heterocycles. The van der Waals surface area contributed by atoms with Gasteiger partial charge in [0.1, 0.15) is 5.75 Å². The number of carbonyl (C=O) groups excluding carboxylic acids is 2. The fourth-order valence-electron chi connectivity index (χ4n) is 1.73. The lowest BCUT2D eigenvalue weighted by atomic mass is 10.00. The van der Waals surface area contributed by atoms with Gasteiger partial charge in [-0.05, 0) is 31.0 Å². The second kappa shape index (κ2) is 5.48. The minimum Gasteiger partial charge on any atom is -0.545 e. The van der Waals surface area contributed by atoms with Crippen molar-refractivity contribution in [2.75, 3.05) is 7.11 Å². The first kappa shape index (κ1) is 13.2. The highest BCUT2D eigenvalue weighted by Gasteiger charge is 2.13. The average Bonchev–Trinajstić information content (AvgIpc) is 2.28. The molecule has 0 heterocycles. The molecular formula is C13H15O4-. The summed E-state index contributed by atoms with van der Waals surface area (Å²) in [7, 11) is 1.39. The largest absolute Gasteiger partial charge is 0.545 e. The number of rotatable bonds is 5. The molecule has 4 heteroatoms. The molecule has 0 fully saturated rings. The third-order valence-electron chi connectivity index (χ3n) is 2.50. The van der Waals surface area contributed by atoms with Crippen LogP contribution in [-0.2, 0) is 0 Å². The number of methoxy groups -OCH3 is 1. The number of aromatic carboxylic acids is 1. The lowest BCUT2D eigenvalue weighted by molar-refractivity contribution is -0.255. The Morgan fingerprint density at radius 2 is 2.00 bits per heavy atom. The summed E-state index contributed by atoms with van der Waals surface area (Å²) in [4.78, 5) is 22.7. The van der Waals surface area contributed by atoms with Crippen LogP contribution in [0.4, 0.5) is 0 Å². The van der Waals surface area contributed by atoms with Gasteiger partial charge in [0.15, 0.2) is 5.78 Å². The van der Waals surface area contributed by atoms with Gasteiger partial charge in [-0.15, -0.1) is 0 Å². The fourth-order valence-corrected chi connectivity index (χ4v) is 1.73. The third-order valence-corrected chi connectivity index (χ3v) is 2.50. The van der Waals surface area contributed by atoms with Gasteiger partial charge in [0.25, 0.3) is 0 Å². The van der Waals surface area contributed by atoms with Gasteiger partial charge in [-0.25, -0.2) is 0 Å². The smallest absolute Gasteiger partial charge is 0.162 e. The van der Waals surface area contributed by atoms with Crippen LogP contribution in [0.5, 0.6) is 5.75 Å². The normalized spacial score (nSPS) is 10.1. The van der Waals surface area contributed by atoms with Crippen LogP contribution in [0.15, 0.2) is 12.1 Å². The van der Waals surface area contributed by atoms with E-state index >= 15 is 0 Å². The molecule has 0 N–H and O–H groups in total. The van der Waals surface area contributed by atoms with E-state index in [0.29, 0.717) is 17.5 Å². The quantitative estimate of drug-likeness (QED) is 0.722. The summed E-state index contributed by atoms with van der Waals surface area (Å²) in [5.74, 6) is -1.16. The van der Waals surface area contributed by atoms with Crippen LogP contribution < -0.4 is 9.84 Å². The second-order valence-corrected chi connectivity index (χ2v) is 3.83. The topological polar surface area (TPSA) is 66.4 Å². The van der Waals surface area contributed by atoms with E-state index in [0.717, 1.165) is 6.42 Å². The first-order chi connectivity index (χ1) is 8.01. The first-order valence-corrected chi connectivity index (χ1v) is 5.44. The molecule has 0 unspecified atom stereocenters. The predicted octanol–water partition coefficient (Wildman–Crippen LogP) is 1.35. The zero-order valence-corrected chi connectivity index (χ0v) is 10.2. The summed E-state index contributed by atoms with van der Waals surface area (Å²) in [6.45, 7) is 3.60. The Hall–Kier alpha value is -1.84. The Kier molecular flexibility index (Phi) is 4.26. The van der Waals surface area contributed by atoms with E-state index in [1.165, 1.54) is 13.2 Å². The Morgan fingerprint density at radius 3 is 2.47 bits per heavy atom. The maximum atomic E-state index is 11.7. The SMILES string of the molecule is CCCC(=O)c1cc(C)c(OC)c(C(=O)[O-])c1. The van der Waals surface area contributed by atoms with Crippen LogP contribution >= 0.6 is 0 Å². The molecular weight excluding hydrogens is 220 g/mol. The zero-order chi connectivity index (χ0) is 13.0. The Morgan fingerprint density at radius 1 is 1.35 bits per heavy atom. The van der Waals surface area contributed by atoms with Crippen molar-refractivity contribution in [2.45, 2.75) is 26.7 Å².